The molecule has 2 atom stereocenters. The zero-order chi connectivity index (χ0) is 12.7. The number of hydrogen-bond acceptors (Lipinski definition) is 2. The Morgan fingerprint density at radius 2 is 2.28 bits per heavy atom. The third-order valence-electron chi connectivity index (χ3n) is 3.73. The highest BCUT2D eigenvalue weighted by atomic mass is 127. The molecule has 3 rings (SSSR count). The number of benzene rings is 1. The average Bonchev–Trinajstić information content (AvgIpc) is 2.90. The number of nitrogens with one attached hydrogen (secondary N) is 1. The highest BCUT2D eigenvalue weighted by molar-refractivity contribution is 14.1. The van der Waals surface area contributed by atoms with Crippen LogP contribution in [0.3, 0.4) is 0 Å². The minimum absolute atomic E-state index is 0.557. The quantitative estimate of drug-likeness (QED) is 0.590. The molecular formula is C13H15IN2S2. The van der Waals surface area contributed by atoms with Crippen LogP contribution in [0.4, 0.5) is 0 Å². The number of imidazole rings is 1. The second-order valence-electron chi connectivity index (χ2n) is 4.73. The molecule has 0 aliphatic heterocycles. The smallest absolute Gasteiger partial charge is 0.178 e. The van der Waals surface area contributed by atoms with Gasteiger partial charge in [-0.2, -0.15) is 11.8 Å². The van der Waals surface area contributed by atoms with Crippen molar-refractivity contribution in [2.45, 2.75) is 30.6 Å². The molecule has 0 amide bonds. The van der Waals surface area contributed by atoms with Gasteiger partial charge in [-0.3, -0.25) is 0 Å². The van der Waals surface area contributed by atoms with Gasteiger partial charge in [-0.25, -0.2) is 0 Å². The lowest BCUT2D eigenvalue weighted by Crippen LogP contribution is -2.15. The van der Waals surface area contributed by atoms with Crippen LogP contribution in [-0.2, 0) is 0 Å². The summed E-state index contributed by atoms with van der Waals surface area (Å²) in [6.07, 6.45) is 6.09. The summed E-state index contributed by atoms with van der Waals surface area (Å²) in [5.74, 6) is 0. The van der Waals surface area contributed by atoms with Gasteiger partial charge in [-0.15, -0.1) is 0 Å². The first-order valence-corrected chi connectivity index (χ1v) is 8.91. The SMILES string of the molecule is CSC1CCCC1n1c(=S)[nH]c2cc(I)ccc21. The monoisotopic (exact) mass is 390 g/mol. The van der Waals surface area contributed by atoms with Gasteiger partial charge in [0.15, 0.2) is 4.77 Å². The van der Waals surface area contributed by atoms with Crippen LogP contribution in [0.2, 0.25) is 0 Å². The van der Waals surface area contributed by atoms with Gasteiger partial charge in [-0.1, -0.05) is 6.42 Å². The first-order valence-electron chi connectivity index (χ1n) is 6.13. The molecule has 18 heavy (non-hydrogen) atoms. The Hall–Kier alpha value is -0.0100. The third kappa shape index (κ3) is 2.14. The van der Waals surface area contributed by atoms with E-state index in [-0.39, 0.29) is 0 Å². The van der Waals surface area contributed by atoms with Gasteiger partial charge in [0.1, 0.15) is 0 Å². The molecule has 0 saturated heterocycles. The summed E-state index contributed by atoms with van der Waals surface area (Å²) in [6, 6.07) is 7.08. The predicted octanol–water partition coefficient (Wildman–Crippen LogP) is 4.76. The first-order chi connectivity index (χ1) is 8.70. The molecule has 1 N–H and O–H groups in total. The normalized spacial score (nSPS) is 23.9. The van der Waals surface area contributed by atoms with Gasteiger partial charge in [-0.05, 0) is 72.1 Å². The van der Waals surface area contributed by atoms with E-state index in [1.165, 1.54) is 33.9 Å². The molecule has 1 saturated carbocycles. The number of fused-ring (bicyclic) bond motifs is 1. The molecule has 1 aromatic heterocycles. The van der Waals surface area contributed by atoms with Crippen LogP contribution in [-0.4, -0.2) is 21.1 Å². The Bertz CT molecular complexity index is 631. The van der Waals surface area contributed by atoms with Crippen LogP contribution in [0.5, 0.6) is 0 Å². The summed E-state index contributed by atoms with van der Waals surface area (Å²) >= 11 is 9.85. The number of halogens is 1. The molecule has 0 radical (unpaired) electrons. The summed E-state index contributed by atoms with van der Waals surface area (Å²) in [4.78, 5) is 3.35. The van der Waals surface area contributed by atoms with Crippen LogP contribution in [0.1, 0.15) is 25.3 Å². The molecule has 0 spiro atoms. The standard InChI is InChI=1S/C13H15IN2S2/c1-18-12-4-2-3-11(12)16-10-6-5-8(14)7-9(10)15-13(16)17/h5-7,11-12H,2-4H2,1H3,(H,15,17). The predicted molar refractivity (Wildman–Crippen MR) is 90.0 cm³/mol. The Balaban J connectivity index is 2.16. The van der Waals surface area contributed by atoms with Gasteiger partial charge in [0.05, 0.1) is 11.0 Å². The number of hydrogen-bond donors (Lipinski definition) is 1. The summed E-state index contributed by atoms with van der Waals surface area (Å²) < 4.78 is 4.46. The van der Waals surface area contributed by atoms with Crippen molar-refractivity contribution in [3.05, 3.63) is 26.5 Å². The van der Waals surface area contributed by atoms with Gasteiger partial charge in [0, 0.05) is 14.9 Å². The fraction of sp³-hybridized carbons (Fsp3) is 0.462. The van der Waals surface area contributed by atoms with Crippen molar-refractivity contribution < 1.29 is 0 Å². The maximum Gasteiger partial charge on any atom is 0.178 e. The van der Waals surface area contributed by atoms with Crippen molar-refractivity contribution in [3.8, 4) is 0 Å². The van der Waals surface area contributed by atoms with Crippen molar-refractivity contribution >= 4 is 57.6 Å². The fourth-order valence-electron chi connectivity index (χ4n) is 2.91. The fourth-order valence-corrected chi connectivity index (χ4v) is 4.72. The molecule has 96 valence electrons. The van der Waals surface area contributed by atoms with E-state index >= 15 is 0 Å². The van der Waals surface area contributed by atoms with E-state index in [9.17, 15) is 0 Å². The zero-order valence-electron chi connectivity index (χ0n) is 10.1. The lowest BCUT2D eigenvalue weighted by Gasteiger charge is -2.20. The molecule has 1 aliphatic rings. The van der Waals surface area contributed by atoms with Crippen LogP contribution in [0.25, 0.3) is 11.0 Å². The van der Waals surface area contributed by atoms with Crippen molar-refractivity contribution in [2.75, 3.05) is 6.26 Å². The number of H-pyrrole nitrogens is 1. The summed E-state index contributed by atoms with van der Waals surface area (Å²) in [5, 5.41) is 0.704. The van der Waals surface area contributed by atoms with Crippen LogP contribution >= 0.6 is 46.6 Å². The Morgan fingerprint density at radius 1 is 1.44 bits per heavy atom. The molecule has 0 bridgehead atoms. The average molecular weight is 390 g/mol. The van der Waals surface area contributed by atoms with Gasteiger partial charge in [0.2, 0.25) is 0 Å². The molecule has 1 aromatic carbocycles. The maximum absolute atomic E-state index is 5.53. The minimum Gasteiger partial charge on any atom is -0.331 e. The van der Waals surface area contributed by atoms with Crippen molar-refractivity contribution in [3.63, 3.8) is 0 Å². The molecule has 1 fully saturated rings. The van der Waals surface area contributed by atoms with E-state index in [1.54, 1.807) is 0 Å². The van der Waals surface area contributed by atoms with E-state index in [2.05, 4.69) is 56.6 Å². The number of aromatic nitrogens is 2. The Kier molecular flexibility index (Phi) is 3.73. The molecule has 2 nitrogen and oxygen atoms in total. The summed E-state index contributed by atoms with van der Waals surface area (Å²) in [7, 11) is 0. The molecule has 2 aromatic rings. The summed E-state index contributed by atoms with van der Waals surface area (Å²) in [6.45, 7) is 0. The van der Waals surface area contributed by atoms with Crippen molar-refractivity contribution in [1.82, 2.24) is 9.55 Å². The van der Waals surface area contributed by atoms with Gasteiger partial charge >= 0.3 is 0 Å². The highest BCUT2D eigenvalue weighted by Crippen LogP contribution is 2.39. The van der Waals surface area contributed by atoms with E-state index in [0.29, 0.717) is 11.3 Å². The Labute approximate surface area is 130 Å². The van der Waals surface area contributed by atoms with E-state index in [1.807, 2.05) is 11.8 Å². The second kappa shape index (κ2) is 5.17. The molecule has 2 unspecified atom stereocenters. The largest absolute Gasteiger partial charge is 0.331 e. The number of aromatic amines is 1. The van der Waals surface area contributed by atoms with E-state index < -0.39 is 0 Å². The summed E-state index contributed by atoms with van der Waals surface area (Å²) in [5.41, 5.74) is 2.42. The topological polar surface area (TPSA) is 20.7 Å². The van der Waals surface area contributed by atoms with Crippen molar-refractivity contribution in [1.29, 1.82) is 0 Å². The molecule has 1 heterocycles. The zero-order valence-corrected chi connectivity index (χ0v) is 13.9. The van der Waals surface area contributed by atoms with E-state index in [0.717, 1.165) is 4.77 Å². The van der Waals surface area contributed by atoms with E-state index in [4.69, 9.17) is 12.2 Å². The third-order valence-corrected chi connectivity index (χ3v) is 5.86. The van der Waals surface area contributed by atoms with Crippen LogP contribution in [0, 0.1) is 8.34 Å². The van der Waals surface area contributed by atoms with Crippen LogP contribution < -0.4 is 0 Å². The lowest BCUT2D eigenvalue weighted by molar-refractivity contribution is 0.536. The van der Waals surface area contributed by atoms with Gasteiger partial charge < -0.3 is 9.55 Å². The molecule has 1 aliphatic carbocycles. The Morgan fingerprint density at radius 3 is 3.06 bits per heavy atom. The van der Waals surface area contributed by atoms with Gasteiger partial charge in [0.25, 0.3) is 0 Å². The number of nitrogens with zero attached hydrogens (tertiary/aromatic N) is 1. The van der Waals surface area contributed by atoms with Crippen LogP contribution in [0.15, 0.2) is 18.2 Å². The highest BCUT2D eigenvalue weighted by Gasteiger charge is 2.29. The second-order valence-corrected chi connectivity index (χ2v) is 7.44. The molecular weight excluding hydrogens is 375 g/mol. The van der Waals surface area contributed by atoms with Crippen molar-refractivity contribution in [2.24, 2.45) is 0 Å². The lowest BCUT2D eigenvalue weighted by atomic mass is 10.2. The first kappa shape index (κ1) is 13.0. The molecule has 5 heteroatoms. The number of rotatable bonds is 2. The minimum atomic E-state index is 0.557. The maximum atomic E-state index is 5.53. The number of thioether (sulfide) groups is 1.